The Hall–Kier alpha value is -0.0900. The fraction of sp³-hybridized carbons (Fsp3) is 1.00. The highest BCUT2D eigenvalue weighted by Crippen LogP contribution is 2.12. The minimum Gasteiger partial charge on any atom is -0.212 e. The number of nitrogens with one attached hydrogen (secondary N) is 1. The van der Waals surface area contributed by atoms with Crippen molar-refractivity contribution in [1.29, 1.82) is 0 Å². The Bertz CT molecular complexity index is 245. The first-order valence-corrected chi connectivity index (χ1v) is 7.00. The molecule has 0 bridgehead atoms. The first kappa shape index (κ1) is 13.9. The summed E-state index contributed by atoms with van der Waals surface area (Å²) in [6.45, 7) is 7.91. The van der Waals surface area contributed by atoms with Gasteiger partial charge in [0.1, 0.15) is 0 Å². The highest BCUT2D eigenvalue weighted by molar-refractivity contribution is 7.89. The molecule has 0 spiro atoms. The monoisotopic (exact) mass is 221 g/mol. The maximum absolute atomic E-state index is 11.6. The average molecular weight is 221 g/mol. The van der Waals surface area contributed by atoms with Gasteiger partial charge in [-0.15, -0.1) is 0 Å². The summed E-state index contributed by atoms with van der Waals surface area (Å²) in [5.74, 6) is 0.247. The van der Waals surface area contributed by atoms with Crippen LogP contribution in [0, 0.1) is 0 Å². The first-order chi connectivity index (χ1) is 6.33. The van der Waals surface area contributed by atoms with Crippen LogP contribution in [0.25, 0.3) is 0 Å². The van der Waals surface area contributed by atoms with Crippen LogP contribution < -0.4 is 4.72 Å². The quantitative estimate of drug-likeness (QED) is 0.717. The van der Waals surface area contributed by atoms with Gasteiger partial charge in [0.2, 0.25) is 10.0 Å². The molecule has 0 saturated carbocycles. The molecular formula is C10H23NO2S. The van der Waals surface area contributed by atoms with E-state index in [1.165, 1.54) is 0 Å². The van der Waals surface area contributed by atoms with Crippen LogP contribution in [-0.2, 0) is 10.0 Å². The zero-order chi connectivity index (χ0) is 11.2. The van der Waals surface area contributed by atoms with E-state index in [-0.39, 0.29) is 11.3 Å². The lowest BCUT2D eigenvalue weighted by Gasteiger charge is -2.25. The highest BCUT2D eigenvalue weighted by atomic mass is 32.2. The van der Waals surface area contributed by atoms with Crippen molar-refractivity contribution in [3.63, 3.8) is 0 Å². The van der Waals surface area contributed by atoms with Crippen molar-refractivity contribution >= 4 is 10.0 Å². The van der Waals surface area contributed by atoms with Crippen molar-refractivity contribution < 1.29 is 8.42 Å². The highest BCUT2D eigenvalue weighted by Gasteiger charge is 2.23. The smallest absolute Gasteiger partial charge is 0.212 e. The van der Waals surface area contributed by atoms with Crippen molar-refractivity contribution in [3.8, 4) is 0 Å². The summed E-state index contributed by atoms with van der Waals surface area (Å²) >= 11 is 0. The number of hydrogen-bond acceptors (Lipinski definition) is 2. The Morgan fingerprint density at radius 2 is 1.71 bits per heavy atom. The molecule has 1 N–H and O–H groups in total. The molecule has 14 heavy (non-hydrogen) atoms. The van der Waals surface area contributed by atoms with E-state index in [0.717, 1.165) is 25.7 Å². The third-order valence-corrected chi connectivity index (χ3v) is 3.76. The van der Waals surface area contributed by atoms with Gasteiger partial charge in [0.15, 0.2) is 0 Å². The molecule has 0 radical (unpaired) electrons. The van der Waals surface area contributed by atoms with Gasteiger partial charge in [-0.1, -0.05) is 26.7 Å². The van der Waals surface area contributed by atoms with Gasteiger partial charge < -0.3 is 0 Å². The number of unbranched alkanes of at least 4 members (excludes halogenated alkanes) is 1. The molecule has 4 heteroatoms. The predicted molar refractivity (Wildman–Crippen MR) is 60.8 cm³/mol. The molecule has 0 amide bonds. The molecule has 0 fully saturated rings. The largest absolute Gasteiger partial charge is 0.212 e. The van der Waals surface area contributed by atoms with Crippen LogP contribution in [-0.4, -0.2) is 19.7 Å². The standard InChI is InChI=1S/C10H23NO2S/c1-5-7-9-14(12,13)11-10(3,4)8-6-2/h11H,5-9H2,1-4H3. The molecule has 0 heterocycles. The van der Waals surface area contributed by atoms with Crippen LogP contribution in [0.4, 0.5) is 0 Å². The van der Waals surface area contributed by atoms with Crippen molar-refractivity contribution in [2.24, 2.45) is 0 Å². The van der Waals surface area contributed by atoms with E-state index in [2.05, 4.69) is 11.6 Å². The Labute approximate surface area is 88.3 Å². The Morgan fingerprint density at radius 3 is 2.14 bits per heavy atom. The second kappa shape index (κ2) is 5.71. The van der Waals surface area contributed by atoms with Gasteiger partial charge in [0.25, 0.3) is 0 Å². The zero-order valence-corrected chi connectivity index (χ0v) is 10.6. The molecule has 0 aliphatic rings. The van der Waals surface area contributed by atoms with E-state index >= 15 is 0 Å². The molecule has 3 nitrogen and oxygen atoms in total. The number of rotatable bonds is 7. The average Bonchev–Trinajstić information content (AvgIpc) is 1.98. The fourth-order valence-electron chi connectivity index (χ4n) is 1.48. The number of sulfonamides is 1. The third kappa shape index (κ3) is 6.38. The van der Waals surface area contributed by atoms with E-state index in [1.54, 1.807) is 0 Å². The topological polar surface area (TPSA) is 46.2 Å². The number of hydrogen-bond donors (Lipinski definition) is 1. The van der Waals surface area contributed by atoms with Crippen LogP contribution >= 0.6 is 0 Å². The molecule has 0 rings (SSSR count). The lowest BCUT2D eigenvalue weighted by atomic mass is 10.0. The van der Waals surface area contributed by atoms with Crippen LogP contribution in [0.2, 0.25) is 0 Å². The van der Waals surface area contributed by atoms with E-state index in [9.17, 15) is 8.42 Å². The van der Waals surface area contributed by atoms with E-state index < -0.39 is 10.0 Å². The van der Waals surface area contributed by atoms with Crippen molar-refractivity contribution in [2.75, 3.05) is 5.75 Å². The van der Waals surface area contributed by atoms with E-state index in [0.29, 0.717) is 0 Å². The van der Waals surface area contributed by atoms with Crippen LogP contribution in [0.1, 0.15) is 53.4 Å². The zero-order valence-electron chi connectivity index (χ0n) is 9.76. The molecule has 0 saturated heterocycles. The van der Waals surface area contributed by atoms with Gasteiger partial charge in [0.05, 0.1) is 5.75 Å². The van der Waals surface area contributed by atoms with Crippen LogP contribution in [0.5, 0.6) is 0 Å². The van der Waals surface area contributed by atoms with Gasteiger partial charge in [-0.25, -0.2) is 13.1 Å². The summed E-state index contributed by atoms with van der Waals surface area (Å²) in [5.41, 5.74) is -0.304. The van der Waals surface area contributed by atoms with Gasteiger partial charge >= 0.3 is 0 Å². The lowest BCUT2D eigenvalue weighted by molar-refractivity contribution is 0.417. The Balaban J connectivity index is 4.20. The van der Waals surface area contributed by atoms with Crippen molar-refractivity contribution in [3.05, 3.63) is 0 Å². The summed E-state index contributed by atoms with van der Waals surface area (Å²) in [7, 11) is -3.07. The van der Waals surface area contributed by atoms with Gasteiger partial charge in [0, 0.05) is 5.54 Å². The SMILES string of the molecule is CCCCS(=O)(=O)NC(C)(C)CCC. The van der Waals surface area contributed by atoms with Gasteiger partial charge in [-0.2, -0.15) is 0 Å². The molecule has 86 valence electrons. The van der Waals surface area contributed by atoms with E-state index in [4.69, 9.17) is 0 Å². The summed E-state index contributed by atoms with van der Waals surface area (Å²) in [5, 5.41) is 0. The minimum absolute atomic E-state index is 0.247. The molecule has 0 aliphatic heterocycles. The third-order valence-electron chi connectivity index (χ3n) is 2.07. The molecule has 0 aromatic carbocycles. The van der Waals surface area contributed by atoms with E-state index in [1.807, 2.05) is 20.8 Å². The summed E-state index contributed by atoms with van der Waals surface area (Å²) in [4.78, 5) is 0. The second-order valence-electron chi connectivity index (χ2n) is 4.41. The molecule has 0 aliphatic carbocycles. The summed E-state index contributed by atoms with van der Waals surface area (Å²) in [6.07, 6.45) is 3.51. The van der Waals surface area contributed by atoms with Crippen LogP contribution in [0.15, 0.2) is 0 Å². The summed E-state index contributed by atoms with van der Waals surface area (Å²) in [6, 6.07) is 0. The minimum atomic E-state index is -3.07. The lowest BCUT2D eigenvalue weighted by Crippen LogP contribution is -2.44. The van der Waals surface area contributed by atoms with Gasteiger partial charge in [-0.05, 0) is 26.7 Å². The molecular weight excluding hydrogens is 198 g/mol. The van der Waals surface area contributed by atoms with Crippen LogP contribution in [0.3, 0.4) is 0 Å². The Kier molecular flexibility index (Phi) is 5.67. The molecule has 0 unspecified atom stereocenters. The maximum atomic E-state index is 11.6. The van der Waals surface area contributed by atoms with Gasteiger partial charge in [-0.3, -0.25) is 0 Å². The normalized spacial score (nSPS) is 13.1. The van der Waals surface area contributed by atoms with Crippen molar-refractivity contribution in [2.45, 2.75) is 58.9 Å². The summed E-state index contributed by atoms with van der Waals surface area (Å²) < 4.78 is 25.9. The van der Waals surface area contributed by atoms with Crippen molar-refractivity contribution in [1.82, 2.24) is 4.72 Å². The molecule has 0 aromatic heterocycles. The second-order valence-corrected chi connectivity index (χ2v) is 6.25. The molecule has 0 atom stereocenters. The maximum Gasteiger partial charge on any atom is 0.212 e. The first-order valence-electron chi connectivity index (χ1n) is 5.34. The fourth-order valence-corrected chi connectivity index (χ4v) is 3.20. The Morgan fingerprint density at radius 1 is 1.14 bits per heavy atom. The predicted octanol–water partition coefficient (Wildman–Crippen LogP) is 2.28. The molecule has 0 aromatic rings.